The number of carbonyl (C=O) groups excluding carboxylic acids is 1. The minimum atomic E-state index is -0.638. The summed E-state index contributed by atoms with van der Waals surface area (Å²) in [4.78, 5) is 29.3. The number of carbonyl (C=O) groups is 1. The first-order valence-electron chi connectivity index (χ1n) is 9.38. The maximum Gasteiger partial charge on any atom is 0.410 e. The van der Waals surface area contributed by atoms with Crippen molar-refractivity contribution in [3.05, 3.63) is 23.0 Å². The monoisotopic (exact) mass is 407 g/mol. The Hall–Kier alpha value is -2.22. The number of hydrogen-bond donors (Lipinski definition) is 0. The van der Waals surface area contributed by atoms with Crippen LogP contribution in [0.25, 0.3) is 10.9 Å². The third-order valence-electron chi connectivity index (χ3n) is 5.12. The number of nitrogens with zero attached hydrogens (tertiary/aromatic N) is 5. The maximum atomic E-state index is 14.4. The van der Waals surface area contributed by atoms with E-state index in [0.29, 0.717) is 30.1 Å². The molecule has 0 radical (unpaired) electrons. The molecular weight excluding hydrogens is 385 g/mol. The molecule has 2 bridgehead atoms. The molecule has 2 aromatic heterocycles. The fraction of sp³-hybridized carbons (Fsp3) is 0.579. The minimum Gasteiger partial charge on any atom is -0.444 e. The Labute approximate surface area is 167 Å². The zero-order valence-corrected chi connectivity index (χ0v) is 17.1. The highest BCUT2D eigenvalue weighted by molar-refractivity contribution is 6.30. The molecule has 4 rings (SSSR count). The molecule has 7 nitrogen and oxygen atoms in total. The first-order chi connectivity index (χ1) is 13.1. The molecule has 0 aromatic carbocycles. The summed E-state index contributed by atoms with van der Waals surface area (Å²) in [7, 11) is 0. The number of pyridine rings is 1. The van der Waals surface area contributed by atoms with Gasteiger partial charge in [-0.15, -0.1) is 0 Å². The average molecular weight is 408 g/mol. The molecule has 0 N–H and O–H groups in total. The Morgan fingerprint density at radius 3 is 2.50 bits per heavy atom. The Bertz CT molecular complexity index is 934. The van der Waals surface area contributed by atoms with Crippen LogP contribution in [-0.4, -0.2) is 56.7 Å². The zero-order chi connectivity index (χ0) is 20.2. The Morgan fingerprint density at radius 1 is 1.25 bits per heavy atom. The highest BCUT2D eigenvalue weighted by atomic mass is 35.5. The second kappa shape index (κ2) is 6.69. The molecule has 2 aromatic rings. The largest absolute Gasteiger partial charge is 0.444 e. The number of hydrogen-bond acceptors (Lipinski definition) is 6. The summed E-state index contributed by atoms with van der Waals surface area (Å²) < 4.78 is 20.0. The van der Waals surface area contributed by atoms with Crippen molar-refractivity contribution >= 4 is 34.4 Å². The van der Waals surface area contributed by atoms with E-state index in [4.69, 9.17) is 16.3 Å². The van der Waals surface area contributed by atoms with Crippen LogP contribution in [0.4, 0.5) is 15.0 Å². The maximum absolute atomic E-state index is 14.4. The molecule has 0 saturated carbocycles. The minimum absolute atomic E-state index is 0.0315. The zero-order valence-electron chi connectivity index (χ0n) is 16.4. The number of ether oxygens (including phenoxy) is 1. The molecule has 2 aliphatic heterocycles. The normalized spacial score (nSPS) is 22.1. The van der Waals surface area contributed by atoms with Gasteiger partial charge in [0.15, 0.2) is 11.0 Å². The van der Waals surface area contributed by atoms with E-state index in [1.165, 1.54) is 6.20 Å². The summed E-state index contributed by atoms with van der Waals surface area (Å²) in [6.45, 7) is 8.53. The van der Waals surface area contributed by atoms with Gasteiger partial charge in [0.1, 0.15) is 22.8 Å². The van der Waals surface area contributed by atoms with Crippen LogP contribution in [0, 0.1) is 12.7 Å². The third kappa shape index (κ3) is 3.34. The summed E-state index contributed by atoms with van der Waals surface area (Å²) in [5, 5.41) is 0.323. The molecule has 2 aliphatic rings. The summed E-state index contributed by atoms with van der Waals surface area (Å²) in [6, 6.07) is 0.0630. The van der Waals surface area contributed by atoms with E-state index in [1.54, 1.807) is 6.92 Å². The van der Waals surface area contributed by atoms with E-state index in [9.17, 15) is 9.18 Å². The van der Waals surface area contributed by atoms with Crippen molar-refractivity contribution in [2.45, 2.75) is 58.2 Å². The van der Waals surface area contributed by atoms with Gasteiger partial charge in [-0.2, -0.15) is 0 Å². The number of piperazine rings is 1. The van der Waals surface area contributed by atoms with Gasteiger partial charge in [-0.05, 0) is 40.5 Å². The Morgan fingerprint density at radius 2 is 1.89 bits per heavy atom. The smallest absolute Gasteiger partial charge is 0.410 e. The van der Waals surface area contributed by atoms with Crippen LogP contribution in [0.1, 0.15) is 39.4 Å². The molecule has 2 atom stereocenters. The van der Waals surface area contributed by atoms with Crippen LogP contribution in [0.15, 0.2) is 6.20 Å². The summed E-state index contributed by atoms with van der Waals surface area (Å²) in [5.74, 6) is 0.457. The molecule has 2 fully saturated rings. The van der Waals surface area contributed by atoms with Crippen LogP contribution < -0.4 is 4.90 Å². The summed E-state index contributed by atoms with van der Waals surface area (Å²) in [5.41, 5.74) is -0.361. The number of halogens is 2. The molecule has 4 heterocycles. The van der Waals surface area contributed by atoms with Gasteiger partial charge in [0.25, 0.3) is 0 Å². The highest BCUT2D eigenvalue weighted by Gasteiger charge is 2.45. The third-order valence-corrected chi connectivity index (χ3v) is 5.38. The average Bonchev–Trinajstić information content (AvgIpc) is 2.87. The van der Waals surface area contributed by atoms with Gasteiger partial charge in [-0.25, -0.2) is 24.1 Å². The molecule has 0 spiro atoms. The predicted octanol–water partition coefficient (Wildman–Crippen LogP) is 3.71. The van der Waals surface area contributed by atoms with Crippen LogP contribution in [0.3, 0.4) is 0 Å². The van der Waals surface area contributed by atoms with Crippen molar-refractivity contribution in [1.82, 2.24) is 19.9 Å². The van der Waals surface area contributed by atoms with Gasteiger partial charge in [0, 0.05) is 19.3 Å². The lowest BCUT2D eigenvalue weighted by molar-refractivity contribution is 0.0123. The van der Waals surface area contributed by atoms with Gasteiger partial charge >= 0.3 is 6.09 Å². The van der Waals surface area contributed by atoms with Crippen LogP contribution in [0.5, 0.6) is 0 Å². The molecule has 9 heteroatoms. The molecule has 2 unspecified atom stereocenters. The second-order valence-electron chi connectivity index (χ2n) is 8.40. The summed E-state index contributed by atoms with van der Waals surface area (Å²) in [6.07, 6.45) is 3.04. The Kier molecular flexibility index (Phi) is 4.56. The van der Waals surface area contributed by atoms with Gasteiger partial charge in [-0.1, -0.05) is 11.6 Å². The topological polar surface area (TPSA) is 71.5 Å². The van der Waals surface area contributed by atoms with Gasteiger partial charge in [0.05, 0.1) is 17.5 Å². The van der Waals surface area contributed by atoms with E-state index >= 15 is 0 Å². The number of anilines is 1. The first kappa shape index (κ1) is 19.1. The summed E-state index contributed by atoms with van der Waals surface area (Å²) >= 11 is 5.82. The number of aromatic nitrogens is 3. The van der Waals surface area contributed by atoms with Crippen LogP contribution in [-0.2, 0) is 4.74 Å². The number of aryl methyl sites for hydroxylation is 1. The fourth-order valence-corrected chi connectivity index (χ4v) is 4.20. The predicted molar refractivity (Wildman–Crippen MR) is 104 cm³/mol. The number of amides is 1. The van der Waals surface area contributed by atoms with E-state index in [2.05, 4.69) is 19.9 Å². The van der Waals surface area contributed by atoms with Crippen molar-refractivity contribution in [2.24, 2.45) is 0 Å². The lowest BCUT2D eigenvalue weighted by Gasteiger charge is -2.42. The van der Waals surface area contributed by atoms with Gasteiger partial charge in [-0.3, -0.25) is 4.90 Å². The molecule has 150 valence electrons. The Balaban J connectivity index is 1.65. The quantitative estimate of drug-likeness (QED) is 0.671. The van der Waals surface area contributed by atoms with E-state index in [1.807, 2.05) is 25.7 Å². The highest BCUT2D eigenvalue weighted by Crippen LogP contribution is 2.36. The lowest BCUT2D eigenvalue weighted by Crippen LogP contribution is -2.57. The van der Waals surface area contributed by atoms with E-state index < -0.39 is 11.4 Å². The molecule has 0 aliphatic carbocycles. The van der Waals surface area contributed by atoms with Crippen LogP contribution >= 0.6 is 11.6 Å². The fourth-order valence-electron chi connectivity index (χ4n) is 4.06. The van der Waals surface area contributed by atoms with Crippen molar-refractivity contribution < 1.29 is 13.9 Å². The molecular formula is C19H23ClFN5O2. The first-order valence-corrected chi connectivity index (χ1v) is 9.76. The number of fused-ring (bicyclic) bond motifs is 3. The van der Waals surface area contributed by atoms with E-state index in [-0.39, 0.29) is 28.8 Å². The van der Waals surface area contributed by atoms with Crippen molar-refractivity contribution in [3.63, 3.8) is 0 Å². The molecule has 2 saturated heterocycles. The molecule has 1 amide bonds. The van der Waals surface area contributed by atoms with Crippen molar-refractivity contribution in [3.8, 4) is 0 Å². The van der Waals surface area contributed by atoms with Crippen molar-refractivity contribution in [2.75, 3.05) is 18.0 Å². The van der Waals surface area contributed by atoms with E-state index in [0.717, 1.165) is 12.8 Å². The lowest BCUT2D eigenvalue weighted by atomic mass is 10.1. The van der Waals surface area contributed by atoms with Gasteiger partial charge < -0.3 is 9.64 Å². The van der Waals surface area contributed by atoms with Crippen molar-refractivity contribution in [1.29, 1.82) is 0 Å². The standard InChI is InChI=1S/C19H23ClFN5O2/c1-10-23-15-13(7-22-16(20)14(15)21)17(24-10)25-8-11-5-6-12(9-25)26(11)18(27)28-19(2,3)4/h7,11-12H,5-6,8-9H2,1-4H3. The second-order valence-corrected chi connectivity index (χ2v) is 8.76. The van der Waals surface area contributed by atoms with Crippen LogP contribution in [0.2, 0.25) is 5.15 Å². The van der Waals surface area contributed by atoms with Gasteiger partial charge in [0.2, 0.25) is 0 Å². The SMILES string of the molecule is Cc1nc(N2CC3CCC(C2)N3C(=O)OC(C)(C)C)c2cnc(Cl)c(F)c2n1. The molecule has 28 heavy (non-hydrogen) atoms. The number of rotatable bonds is 1.